The van der Waals surface area contributed by atoms with Crippen molar-refractivity contribution in [1.82, 2.24) is 0 Å². The highest BCUT2D eigenvalue weighted by Gasteiger charge is 2.40. The Morgan fingerprint density at radius 2 is 0.920 bits per heavy atom. The molecule has 0 saturated carbocycles. The van der Waals surface area contributed by atoms with Crippen LogP contribution in [0.4, 0.5) is 0 Å². The molecule has 0 aliphatic carbocycles. The minimum atomic E-state index is -1.52. The second kappa shape index (κ2) is 18.0. The second-order valence-electron chi connectivity index (χ2n) is 12.9. The minimum Gasteiger partial charge on any atom is -0.872 e. The van der Waals surface area contributed by atoms with Gasteiger partial charge in [0.25, 0.3) is 0 Å². The Bertz CT molecular complexity index is 1840. The largest absolute Gasteiger partial charge is 0.872 e. The van der Waals surface area contributed by atoms with Crippen molar-refractivity contribution in [3.63, 3.8) is 0 Å². The molecule has 0 aliphatic rings. The molecule has 0 aromatic heterocycles. The van der Waals surface area contributed by atoms with Crippen molar-refractivity contribution in [2.75, 3.05) is 40.4 Å². The van der Waals surface area contributed by atoms with Crippen LogP contribution in [0.25, 0.3) is 0 Å². The van der Waals surface area contributed by atoms with E-state index in [4.69, 9.17) is 14.2 Å². The highest BCUT2D eigenvalue weighted by Crippen LogP contribution is 2.57. The first-order chi connectivity index (χ1) is 24.0. The lowest BCUT2D eigenvalue weighted by Crippen LogP contribution is -2.23. The Hall–Kier alpha value is -4.39. The van der Waals surface area contributed by atoms with E-state index in [9.17, 15) is 20.4 Å². The van der Waals surface area contributed by atoms with Gasteiger partial charge in [-0.25, -0.2) is 0 Å². The van der Waals surface area contributed by atoms with Gasteiger partial charge in [-0.3, -0.25) is 0 Å². The van der Waals surface area contributed by atoms with Gasteiger partial charge in [-0.05, 0) is 67.3 Å². The fourth-order valence-electron chi connectivity index (χ4n) is 6.27. The van der Waals surface area contributed by atoms with Gasteiger partial charge in [0.15, 0.2) is 19.0 Å². The van der Waals surface area contributed by atoms with Crippen LogP contribution in [-0.4, -0.2) is 55.7 Å². The zero-order chi connectivity index (χ0) is 36.3. The molecule has 50 heavy (non-hydrogen) atoms. The fourth-order valence-corrected chi connectivity index (χ4v) is 9.23. The van der Waals surface area contributed by atoms with Crippen molar-refractivity contribution >= 4 is 12.6 Å². The SMILES string of the molecule is COC[P+](COC)(COC)c1ccccc1.Cc1ccc(O)c(Cc2cccc(Cc3cc(C)cc(Cc4cc(C)ccc4O)c3O)c2[O-])c1. The number of methoxy groups -OCH3 is 3. The van der Waals surface area contributed by atoms with Gasteiger partial charge in [0.2, 0.25) is 0 Å². The van der Waals surface area contributed by atoms with E-state index in [-0.39, 0.29) is 23.0 Å². The number of phenols is 3. The molecule has 0 fully saturated rings. The summed E-state index contributed by atoms with van der Waals surface area (Å²) in [5, 5.41) is 46.0. The molecular weight excluding hydrogens is 647 g/mol. The molecule has 3 N–H and O–H groups in total. The van der Waals surface area contributed by atoms with Gasteiger partial charge in [0.05, 0.1) is 0 Å². The summed E-state index contributed by atoms with van der Waals surface area (Å²) in [5.41, 5.74) is 7.08. The van der Waals surface area contributed by atoms with Crippen LogP contribution in [0.5, 0.6) is 23.0 Å². The van der Waals surface area contributed by atoms with Crippen LogP contribution in [0.1, 0.15) is 50.1 Å². The standard InChI is InChI=1S/C30H30O4.C12H20O3P/c1-18-7-9-27(31)23(11-18)15-21-5-4-6-22(29(21)33)16-25-13-20(3)14-26(30(25)34)17-24-12-19(2)8-10-28(24)32;1-13-9-16(10-14-2,11-15-3)12-7-5-4-6-8-12/h4-14,31-34H,15-17H2,1-3H3;4-8H,9-11H2,1-3H3/q;+1/p-1. The normalized spacial score (nSPS) is 11.2. The Morgan fingerprint density at radius 1 is 0.500 bits per heavy atom. The van der Waals surface area contributed by atoms with Crippen LogP contribution in [0.15, 0.2) is 97.1 Å². The Balaban J connectivity index is 0.000000295. The Morgan fingerprint density at radius 3 is 1.38 bits per heavy atom. The first-order valence-corrected chi connectivity index (χ1v) is 18.9. The molecule has 0 spiro atoms. The summed E-state index contributed by atoms with van der Waals surface area (Å²) < 4.78 is 16.1. The molecule has 0 aliphatic heterocycles. The number of phenolic OH excluding ortho intramolecular Hbond substituents is 3. The summed E-state index contributed by atoms with van der Waals surface area (Å²) in [6.07, 6.45) is 3.12. The van der Waals surface area contributed by atoms with Gasteiger partial charge in [-0.15, -0.1) is 5.75 Å². The summed E-state index contributed by atoms with van der Waals surface area (Å²) in [7, 11) is 3.66. The van der Waals surface area contributed by atoms with Gasteiger partial charge in [-0.1, -0.05) is 101 Å². The van der Waals surface area contributed by atoms with E-state index >= 15 is 0 Å². The smallest absolute Gasteiger partial charge is 0.166 e. The monoisotopic (exact) mass is 696 g/mol. The summed E-state index contributed by atoms with van der Waals surface area (Å²) in [5.74, 6) is 0.438. The predicted molar refractivity (Wildman–Crippen MR) is 201 cm³/mol. The van der Waals surface area contributed by atoms with Crippen molar-refractivity contribution in [2.24, 2.45) is 0 Å². The third-order valence-electron chi connectivity index (χ3n) is 8.64. The van der Waals surface area contributed by atoms with E-state index in [1.165, 1.54) is 5.30 Å². The Kier molecular flexibility index (Phi) is 13.8. The third-order valence-corrected chi connectivity index (χ3v) is 12.3. The van der Waals surface area contributed by atoms with Gasteiger partial charge < -0.3 is 34.6 Å². The van der Waals surface area contributed by atoms with Crippen LogP contribution in [0.3, 0.4) is 0 Å². The van der Waals surface area contributed by atoms with Crippen molar-refractivity contribution < 1.29 is 34.6 Å². The van der Waals surface area contributed by atoms with Crippen LogP contribution in [-0.2, 0) is 33.5 Å². The molecule has 264 valence electrons. The minimum absolute atomic E-state index is 0.0813. The average molecular weight is 697 g/mol. The fraction of sp³-hybridized carbons (Fsp3) is 0.286. The van der Waals surface area contributed by atoms with Crippen LogP contribution in [0, 0.1) is 20.8 Å². The van der Waals surface area contributed by atoms with E-state index in [1.54, 1.807) is 45.6 Å². The first kappa shape index (κ1) is 38.4. The molecule has 0 amide bonds. The summed E-state index contributed by atoms with van der Waals surface area (Å²) >= 11 is 0. The molecule has 0 heterocycles. The van der Waals surface area contributed by atoms with Gasteiger partial charge in [-0.2, -0.15) is 0 Å². The average Bonchev–Trinajstić information content (AvgIpc) is 3.09. The zero-order valence-electron chi connectivity index (χ0n) is 29.9. The molecule has 7 nitrogen and oxygen atoms in total. The van der Waals surface area contributed by atoms with Crippen LogP contribution >= 0.6 is 7.26 Å². The lowest BCUT2D eigenvalue weighted by atomic mass is 9.93. The third kappa shape index (κ3) is 9.86. The maximum absolute atomic E-state index is 13.2. The van der Waals surface area contributed by atoms with Crippen molar-refractivity contribution in [3.05, 3.63) is 147 Å². The van der Waals surface area contributed by atoms with Crippen molar-refractivity contribution in [1.29, 1.82) is 0 Å². The van der Waals surface area contributed by atoms with Gasteiger partial charge in [0.1, 0.15) is 29.8 Å². The number of hydrogen-bond donors (Lipinski definition) is 3. The molecule has 0 bridgehead atoms. The van der Waals surface area contributed by atoms with E-state index < -0.39 is 7.26 Å². The topological polar surface area (TPSA) is 111 Å². The van der Waals surface area contributed by atoms with E-state index in [0.717, 1.165) is 22.3 Å². The van der Waals surface area contributed by atoms with Crippen molar-refractivity contribution in [2.45, 2.75) is 40.0 Å². The predicted octanol–water partition coefficient (Wildman–Crippen LogP) is 7.72. The summed E-state index contributed by atoms with van der Waals surface area (Å²) in [6, 6.07) is 30.4. The second-order valence-corrected chi connectivity index (χ2v) is 16.4. The molecule has 5 rings (SSSR count). The highest BCUT2D eigenvalue weighted by molar-refractivity contribution is 7.82. The van der Waals surface area contributed by atoms with E-state index in [1.807, 2.05) is 81.4 Å². The lowest BCUT2D eigenvalue weighted by Gasteiger charge is -2.24. The lowest BCUT2D eigenvalue weighted by molar-refractivity contribution is -0.270. The van der Waals surface area contributed by atoms with E-state index in [2.05, 4.69) is 12.1 Å². The number of hydrogen-bond acceptors (Lipinski definition) is 7. The number of ether oxygens (including phenoxy) is 3. The van der Waals surface area contributed by atoms with Gasteiger partial charge >= 0.3 is 0 Å². The molecule has 5 aromatic carbocycles. The Labute approximate surface area is 297 Å². The number of aryl methyl sites for hydroxylation is 3. The number of aromatic hydroxyl groups is 3. The van der Waals surface area contributed by atoms with Gasteiger partial charge in [0, 0.05) is 40.6 Å². The summed E-state index contributed by atoms with van der Waals surface area (Å²) in [6.45, 7) is 5.87. The number of benzene rings is 5. The summed E-state index contributed by atoms with van der Waals surface area (Å²) in [4.78, 5) is 0. The van der Waals surface area contributed by atoms with Crippen molar-refractivity contribution in [3.8, 4) is 23.0 Å². The maximum Gasteiger partial charge on any atom is 0.166 e. The zero-order valence-corrected chi connectivity index (χ0v) is 30.8. The van der Waals surface area contributed by atoms with Crippen LogP contribution in [0.2, 0.25) is 0 Å². The first-order valence-electron chi connectivity index (χ1n) is 16.5. The highest BCUT2D eigenvalue weighted by atomic mass is 31.2. The maximum atomic E-state index is 13.2. The molecule has 0 unspecified atom stereocenters. The molecule has 0 radical (unpaired) electrons. The molecule has 0 atom stereocenters. The number of rotatable bonds is 13. The van der Waals surface area contributed by atoms with Crippen LogP contribution < -0.4 is 10.4 Å². The molecule has 5 aromatic rings. The molecular formula is C42H49O7P. The molecule has 8 heteroatoms. The molecule has 0 saturated heterocycles. The number of para-hydroxylation sites is 1. The van der Waals surface area contributed by atoms with E-state index in [0.29, 0.717) is 66.1 Å². The quantitative estimate of drug-likeness (QED) is 0.108.